The number of unbranched alkanes of at least 4 members (excludes halogenated alkanes) is 2. The van der Waals surface area contributed by atoms with Crippen molar-refractivity contribution in [3.8, 4) is 11.4 Å². The van der Waals surface area contributed by atoms with Crippen LogP contribution in [0.2, 0.25) is 0 Å². The van der Waals surface area contributed by atoms with E-state index in [1.54, 1.807) is 6.92 Å². The van der Waals surface area contributed by atoms with Gasteiger partial charge in [0.15, 0.2) is 11.5 Å². The third-order valence-electron chi connectivity index (χ3n) is 13.4. The summed E-state index contributed by atoms with van der Waals surface area (Å²) in [6.07, 6.45) is 18.6. The first kappa shape index (κ1) is 49.9. The van der Waals surface area contributed by atoms with Gasteiger partial charge in [0.25, 0.3) is 0 Å². The summed E-state index contributed by atoms with van der Waals surface area (Å²) < 4.78 is 61.6. The molecule has 5 aromatic carbocycles. The number of carbonyl (C=O) groups excluding carboxylic acids is 1. The fourth-order valence-electron chi connectivity index (χ4n) is 10.2. The van der Waals surface area contributed by atoms with E-state index in [-0.39, 0.29) is 16.7 Å². The molecular weight excluding hydrogens is 920 g/mol. The van der Waals surface area contributed by atoms with Crippen molar-refractivity contribution >= 4 is 52.3 Å². The summed E-state index contributed by atoms with van der Waals surface area (Å²) in [5, 5.41) is 24.6. The molecule has 0 saturated carbocycles. The molecule has 70 heavy (non-hydrogen) atoms. The van der Waals surface area contributed by atoms with Crippen LogP contribution in [-0.2, 0) is 22.2 Å². The Morgan fingerprint density at radius 3 is 2.03 bits per heavy atom. The summed E-state index contributed by atoms with van der Waals surface area (Å²) in [7, 11) is -8.44. The first-order valence-corrected chi connectivity index (χ1v) is 25.7. The number of amides is 1. The van der Waals surface area contributed by atoms with E-state index >= 15 is 0 Å². The average molecular weight is 978 g/mol. The molecule has 0 fully saturated rings. The van der Waals surface area contributed by atoms with Crippen LogP contribution in [-0.4, -0.2) is 50.2 Å². The minimum absolute atomic E-state index is 0.0757. The molecule has 0 radical (unpaired) electrons. The predicted molar refractivity (Wildman–Crippen MR) is 271 cm³/mol. The van der Waals surface area contributed by atoms with Gasteiger partial charge in [-0.3, -0.25) is 4.79 Å². The van der Waals surface area contributed by atoms with Crippen LogP contribution in [0.1, 0.15) is 95.2 Å². The zero-order valence-corrected chi connectivity index (χ0v) is 41.2. The van der Waals surface area contributed by atoms with Crippen molar-refractivity contribution < 1.29 is 34.6 Å². The van der Waals surface area contributed by atoms with Crippen molar-refractivity contribution in [2.75, 3.05) is 18.5 Å². The van der Waals surface area contributed by atoms with E-state index in [9.17, 15) is 30.0 Å². The fraction of sp³-hybridized carbons (Fsp3) is 0.309. The number of aromatic nitrogens is 4. The second kappa shape index (κ2) is 18.7. The maximum atomic E-state index is 12.9. The molecule has 0 spiro atoms. The molecule has 15 heteroatoms. The standard InChI is InChI=1S/C55H57N7O.F6P/c1-37-57-59-53(60-58-37)43-26-22-40(23-27-43)36-56-50(63)21-8-7-13-34-62-47-31-29-42-18-10-12-20-45(42)52(47)55(4,5)49(62)33-25-39-16-14-15-38(35-39)24-32-48-54(2,3)51-44-19-11-9-17-41(44)28-30-46(51)61(48)6;1-7(2,3,4,5)6/h9-12,17-20,22-33,35H,7-8,13-16,21,34,36H2,1-6H3;/q;-1/p+1. The number of hydrogen-bond acceptors (Lipinski definition) is 6. The van der Waals surface area contributed by atoms with Gasteiger partial charge in [0.2, 0.25) is 17.4 Å². The number of allylic oxidation sites excluding steroid dienone is 8. The molecule has 2 aliphatic heterocycles. The van der Waals surface area contributed by atoms with E-state index in [4.69, 9.17) is 0 Å². The van der Waals surface area contributed by atoms with Gasteiger partial charge in [0.1, 0.15) is 7.05 Å². The number of anilines is 1. The third kappa shape index (κ3) is 11.7. The molecule has 366 valence electrons. The SMILES string of the molecule is Cc1nnc(-c2ccc(CNC(=O)CCCCCN3/C(=C/C=C4C=C(/C=C/C5=[N+](C)c6ccc7ccccc7c6C5(C)C)CCC/4)C(C)(C)c4c3ccc3ccccc43)cc2)nn1.F[P-](F)(F)(F)(F)F. The number of fused-ring (bicyclic) bond motifs is 6. The number of aryl methyl sites for hydroxylation is 1. The zero-order chi connectivity index (χ0) is 50.1. The van der Waals surface area contributed by atoms with Crippen LogP contribution in [0.25, 0.3) is 32.9 Å². The van der Waals surface area contributed by atoms with Crippen LogP contribution in [0.5, 0.6) is 0 Å². The topological polar surface area (TPSA) is 86.9 Å². The van der Waals surface area contributed by atoms with Gasteiger partial charge >= 0.3 is 33.0 Å². The molecule has 0 atom stereocenters. The van der Waals surface area contributed by atoms with Gasteiger partial charge < -0.3 is 10.2 Å². The van der Waals surface area contributed by atoms with Gasteiger partial charge in [-0.2, -0.15) is 4.58 Å². The van der Waals surface area contributed by atoms with E-state index in [0.29, 0.717) is 24.6 Å². The van der Waals surface area contributed by atoms with Crippen molar-refractivity contribution in [1.82, 2.24) is 25.7 Å². The number of halogens is 6. The van der Waals surface area contributed by atoms with Crippen molar-refractivity contribution in [1.29, 1.82) is 0 Å². The Balaban J connectivity index is 0.000000876. The van der Waals surface area contributed by atoms with Gasteiger partial charge in [0, 0.05) is 59.6 Å². The molecule has 3 heterocycles. The van der Waals surface area contributed by atoms with Gasteiger partial charge in [-0.05, 0) is 115 Å². The molecule has 0 unspecified atom stereocenters. The van der Waals surface area contributed by atoms with Crippen LogP contribution in [0.4, 0.5) is 36.6 Å². The Kier molecular flexibility index (Phi) is 13.3. The van der Waals surface area contributed by atoms with Crippen LogP contribution >= 0.6 is 7.81 Å². The summed E-state index contributed by atoms with van der Waals surface area (Å²) in [4.78, 5) is 15.4. The number of nitrogens with zero attached hydrogens (tertiary/aromatic N) is 6. The molecule has 0 bridgehead atoms. The number of nitrogens with one attached hydrogen (secondary N) is 1. The third-order valence-corrected chi connectivity index (χ3v) is 13.4. The summed E-state index contributed by atoms with van der Waals surface area (Å²) in [5.41, 5.74) is 12.4. The van der Waals surface area contributed by atoms with E-state index in [2.05, 4.69) is 173 Å². The summed E-state index contributed by atoms with van der Waals surface area (Å²) in [6, 6.07) is 34.5. The molecule has 6 aromatic rings. The monoisotopic (exact) mass is 977 g/mol. The molecule has 8 nitrogen and oxygen atoms in total. The van der Waals surface area contributed by atoms with Crippen molar-refractivity contribution in [3.63, 3.8) is 0 Å². The van der Waals surface area contributed by atoms with Crippen LogP contribution < -0.4 is 10.2 Å². The van der Waals surface area contributed by atoms with Crippen molar-refractivity contribution in [2.45, 2.75) is 96.9 Å². The molecule has 3 aliphatic rings. The predicted octanol–water partition coefficient (Wildman–Crippen LogP) is 15.1. The van der Waals surface area contributed by atoms with Crippen LogP contribution in [0, 0.1) is 6.92 Å². The van der Waals surface area contributed by atoms with Gasteiger partial charge in [-0.1, -0.05) is 117 Å². The molecule has 1 N–H and O–H groups in total. The Bertz CT molecular complexity index is 3130. The first-order chi connectivity index (χ1) is 32.9. The van der Waals surface area contributed by atoms with Crippen molar-refractivity contribution in [2.24, 2.45) is 0 Å². The van der Waals surface area contributed by atoms with E-state index in [1.165, 1.54) is 66.6 Å². The molecule has 0 saturated heterocycles. The number of hydrogen-bond donors (Lipinski definition) is 1. The molecule has 1 amide bonds. The van der Waals surface area contributed by atoms with Gasteiger partial charge in [-0.15, -0.1) is 20.4 Å². The van der Waals surface area contributed by atoms with Gasteiger partial charge in [-0.25, -0.2) is 0 Å². The summed E-state index contributed by atoms with van der Waals surface area (Å²) >= 11 is 0. The minimum atomic E-state index is -10.7. The van der Waals surface area contributed by atoms with E-state index < -0.39 is 7.81 Å². The Morgan fingerprint density at radius 2 is 1.36 bits per heavy atom. The normalized spacial score (nSPS) is 18.4. The fourth-order valence-corrected chi connectivity index (χ4v) is 10.2. The second-order valence-electron chi connectivity index (χ2n) is 19.4. The molecular formula is C55H58F6N7OP. The number of benzene rings is 5. The second-order valence-corrected chi connectivity index (χ2v) is 21.3. The zero-order valence-electron chi connectivity index (χ0n) is 40.3. The molecule has 1 aliphatic carbocycles. The first-order valence-electron chi connectivity index (χ1n) is 23.6. The average Bonchev–Trinajstić information content (AvgIpc) is 3.65. The van der Waals surface area contributed by atoms with E-state index in [1.807, 2.05) is 24.3 Å². The van der Waals surface area contributed by atoms with Gasteiger partial charge in [0.05, 0.1) is 5.41 Å². The Hall–Kier alpha value is -6.53. The molecule has 9 rings (SSSR count). The Morgan fingerprint density at radius 1 is 0.729 bits per heavy atom. The number of rotatable bonds is 12. The number of carbonyl (C=O) groups is 1. The maximum absolute atomic E-state index is 12.9. The summed E-state index contributed by atoms with van der Waals surface area (Å²) in [6.45, 7) is 12.6. The summed E-state index contributed by atoms with van der Waals surface area (Å²) in [5.74, 6) is 1.10. The Labute approximate surface area is 404 Å². The quantitative estimate of drug-likeness (QED) is 0.0569. The van der Waals surface area contributed by atoms with Crippen molar-refractivity contribution in [3.05, 3.63) is 167 Å². The molecule has 1 aromatic heterocycles. The van der Waals surface area contributed by atoms with E-state index in [0.717, 1.165) is 56.2 Å². The van der Waals surface area contributed by atoms with Crippen LogP contribution in [0.15, 0.2) is 144 Å². The van der Waals surface area contributed by atoms with Crippen LogP contribution in [0.3, 0.4) is 0 Å².